The van der Waals surface area contributed by atoms with E-state index in [2.05, 4.69) is 15.5 Å². The second-order valence-electron chi connectivity index (χ2n) is 5.09. The summed E-state index contributed by atoms with van der Waals surface area (Å²) in [7, 11) is 0. The van der Waals surface area contributed by atoms with Crippen molar-refractivity contribution in [1.82, 2.24) is 15.0 Å². The van der Waals surface area contributed by atoms with Crippen LogP contribution in [-0.4, -0.2) is 39.7 Å². The van der Waals surface area contributed by atoms with Gasteiger partial charge in [0.2, 0.25) is 5.91 Å². The van der Waals surface area contributed by atoms with Gasteiger partial charge >= 0.3 is 0 Å². The number of anilines is 1. The number of carbonyl (C=O) groups excluding carboxylic acids is 1. The molecule has 2 heterocycles. The molecular formula is C14H17N5O2. The Balaban J connectivity index is 1.69. The zero-order valence-electron chi connectivity index (χ0n) is 11.5. The van der Waals surface area contributed by atoms with Crippen LogP contribution in [0.25, 0.3) is 5.69 Å². The van der Waals surface area contributed by atoms with Gasteiger partial charge in [0.05, 0.1) is 18.1 Å². The number of ether oxygens (including phenoxy) is 1. The molecule has 1 aliphatic heterocycles. The third kappa shape index (κ3) is 2.93. The molecule has 0 unspecified atom stereocenters. The summed E-state index contributed by atoms with van der Waals surface area (Å²) < 4.78 is 5.25. The molecule has 1 amide bonds. The van der Waals surface area contributed by atoms with Crippen LogP contribution in [0.2, 0.25) is 0 Å². The SMILES string of the molecule is NC1(C(=O)Nc2ccc(-n3nccn3)cc2)CCOCC1. The fourth-order valence-electron chi connectivity index (χ4n) is 2.25. The summed E-state index contributed by atoms with van der Waals surface area (Å²) in [5, 5.41) is 10.9. The van der Waals surface area contributed by atoms with Crippen molar-refractivity contribution in [1.29, 1.82) is 0 Å². The van der Waals surface area contributed by atoms with E-state index in [1.54, 1.807) is 24.5 Å². The van der Waals surface area contributed by atoms with E-state index in [4.69, 9.17) is 10.5 Å². The van der Waals surface area contributed by atoms with E-state index in [1.165, 1.54) is 4.80 Å². The molecule has 0 spiro atoms. The Morgan fingerprint density at radius 2 is 1.81 bits per heavy atom. The molecule has 0 atom stereocenters. The number of carbonyl (C=O) groups is 1. The number of benzene rings is 1. The predicted molar refractivity (Wildman–Crippen MR) is 77.0 cm³/mol. The van der Waals surface area contributed by atoms with Crippen LogP contribution in [0.15, 0.2) is 36.7 Å². The number of aromatic nitrogens is 3. The average molecular weight is 287 g/mol. The fourth-order valence-corrected chi connectivity index (χ4v) is 2.25. The lowest BCUT2D eigenvalue weighted by molar-refractivity contribution is -0.124. The molecule has 7 heteroatoms. The van der Waals surface area contributed by atoms with Gasteiger partial charge in [-0.25, -0.2) is 0 Å². The molecule has 1 aliphatic rings. The molecule has 0 bridgehead atoms. The molecule has 7 nitrogen and oxygen atoms in total. The lowest BCUT2D eigenvalue weighted by Gasteiger charge is -2.31. The van der Waals surface area contributed by atoms with E-state index < -0.39 is 5.54 Å². The Morgan fingerprint density at radius 3 is 2.43 bits per heavy atom. The van der Waals surface area contributed by atoms with Crippen molar-refractivity contribution >= 4 is 11.6 Å². The first-order valence-electron chi connectivity index (χ1n) is 6.82. The van der Waals surface area contributed by atoms with Gasteiger partial charge in [-0.15, -0.1) is 0 Å². The maximum Gasteiger partial charge on any atom is 0.244 e. The van der Waals surface area contributed by atoms with Crippen molar-refractivity contribution in [2.24, 2.45) is 5.73 Å². The van der Waals surface area contributed by atoms with Gasteiger partial charge in [0, 0.05) is 18.9 Å². The molecule has 0 radical (unpaired) electrons. The average Bonchev–Trinajstić information content (AvgIpc) is 3.03. The number of nitrogens with two attached hydrogens (primary N) is 1. The van der Waals surface area contributed by atoms with Crippen molar-refractivity contribution in [3.05, 3.63) is 36.7 Å². The summed E-state index contributed by atoms with van der Waals surface area (Å²) in [5.74, 6) is -0.171. The molecule has 1 aromatic heterocycles. The van der Waals surface area contributed by atoms with Gasteiger partial charge in [0.1, 0.15) is 5.54 Å². The smallest absolute Gasteiger partial charge is 0.244 e. The number of nitrogens with one attached hydrogen (secondary N) is 1. The summed E-state index contributed by atoms with van der Waals surface area (Å²) >= 11 is 0. The highest BCUT2D eigenvalue weighted by molar-refractivity contribution is 5.98. The van der Waals surface area contributed by atoms with E-state index in [0.29, 0.717) is 31.7 Å². The first-order valence-corrected chi connectivity index (χ1v) is 6.82. The molecule has 1 saturated heterocycles. The third-order valence-electron chi connectivity index (χ3n) is 3.61. The number of amides is 1. The van der Waals surface area contributed by atoms with Gasteiger partial charge in [0.25, 0.3) is 0 Å². The normalized spacial score (nSPS) is 17.4. The number of hydrogen-bond donors (Lipinski definition) is 2. The molecule has 1 aromatic carbocycles. The third-order valence-corrected chi connectivity index (χ3v) is 3.61. The Labute approximate surface area is 122 Å². The zero-order chi connectivity index (χ0) is 14.7. The standard InChI is InChI=1S/C14H17N5O2/c15-14(5-9-21-10-6-14)13(20)18-11-1-3-12(4-2-11)19-16-7-8-17-19/h1-4,7-8H,5-6,9-10,15H2,(H,18,20). The lowest BCUT2D eigenvalue weighted by Crippen LogP contribution is -2.54. The Bertz CT molecular complexity index is 603. The highest BCUT2D eigenvalue weighted by Gasteiger charge is 2.35. The van der Waals surface area contributed by atoms with Crippen molar-refractivity contribution in [3.63, 3.8) is 0 Å². The molecule has 21 heavy (non-hydrogen) atoms. The second-order valence-corrected chi connectivity index (χ2v) is 5.09. The Kier molecular flexibility index (Phi) is 3.68. The van der Waals surface area contributed by atoms with Crippen molar-refractivity contribution in [2.45, 2.75) is 18.4 Å². The quantitative estimate of drug-likeness (QED) is 0.867. The molecule has 0 saturated carbocycles. The van der Waals surface area contributed by atoms with Crippen molar-refractivity contribution in [2.75, 3.05) is 18.5 Å². The van der Waals surface area contributed by atoms with E-state index in [1.807, 2.05) is 12.1 Å². The van der Waals surface area contributed by atoms with E-state index in [-0.39, 0.29) is 5.91 Å². The lowest BCUT2D eigenvalue weighted by atomic mass is 9.90. The summed E-state index contributed by atoms with van der Waals surface area (Å²) in [6, 6.07) is 7.28. The predicted octanol–water partition coefficient (Wildman–Crippen LogP) is 0.714. The number of nitrogens with zero attached hydrogens (tertiary/aromatic N) is 3. The van der Waals surface area contributed by atoms with E-state index >= 15 is 0 Å². The highest BCUT2D eigenvalue weighted by Crippen LogP contribution is 2.20. The minimum absolute atomic E-state index is 0.171. The largest absolute Gasteiger partial charge is 0.381 e. The molecule has 110 valence electrons. The monoisotopic (exact) mass is 287 g/mol. The van der Waals surface area contributed by atoms with Crippen LogP contribution in [0.3, 0.4) is 0 Å². The van der Waals surface area contributed by atoms with Gasteiger partial charge in [0.15, 0.2) is 0 Å². The highest BCUT2D eigenvalue weighted by atomic mass is 16.5. The van der Waals surface area contributed by atoms with Crippen LogP contribution < -0.4 is 11.1 Å². The van der Waals surface area contributed by atoms with Crippen LogP contribution >= 0.6 is 0 Å². The summed E-state index contributed by atoms with van der Waals surface area (Å²) in [6.45, 7) is 1.04. The van der Waals surface area contributed by atoms with Crippen LogP contribution in [0.4, 0.5) is 5.69 Å². The first-order chi connectivity index (χ1) is 10.2. The Morgan fingerprint density at radius 1 is 1.19 bits per heavy atom. The van der Waals surface area contributed by atoms with Crippen LogP contribution in [0.5, 0.6) is 0 Å². The number of hydrogen-bond acceptors (Lipinski definition) is 5. The molecule has 1 fully saturated rings. The molecule has 3 rings (SSSR count). The minimum atomic E-state index is -0.847. The van der Waals surface area contributed by atoms with Crippen molar-refractivity contribution < 1.29 is 9.53 Å². The van der Waals surface area contributed by atoms with Gasteiger partial charge in [-0.05, 0) is 37.1 Å². The van der Waals surface area contributed by atoms with Gasteiger partial charge in [-0.2, -0.15) is 15.0 Å². The molecule has 3 N–H and O–H groups in total. The second kappa shape index (κ2) is 5.63. The number of rotatable bonds is 3. The van der Waals surface area contributed by atoms with Crippen LogP contribution in [0.1, 0.15) is 12.8 Å². The van der Waals surface area contributed by atoms with Crippen LogP contribution in [-0.2, 0) is 9.53 Å². The van der Waals surface area contributed by atoms with Crippen LogP contribution in [0, 0.1) is 0 Å². The first kappa shape index (κ1) is 13.7. The molecule has 2 aromatic rings. The Hall–Kier alpha value is -2.25. The van der Waals surface area contributed by atoms with Gasteiger partial charge in [-0.3, -0.25) is 4.79 Å². The summed E-state index contributed by atoms with van der Waals surface area (Å²) in [6.07, 6.45) is 4.29. The fraction of sp³-hybridized carbons (Fsp3) is 0.357. The maximum atomic E-state index is 12.3. The van der Waals surface area contributed by atoms with Gasteiger partial charge < -0.3 is 15.8 Å². The molecule has 0 aliphatic carbocycles. The zero-order valence-corrected chi connectivity index (χ0v) is 11.5. The minimum Gasteiger partial charge on any atom is -0.381 e. The molecular weight excluding hydrogens is 270 g/mol. The van der Waals surface area contributed by atoms with Gasteiger partial charge in [-0.1, -0.05) is 0 Å². The summed E-state index contributed by atoms with van der Waals surface area (Å²) in [5.41, 5.74) is 6.82. The van der Waals surface area contributed by atoms with Crippen molar-refractivity contribution in [3.8, 4) is 5.69 Å². The van der Waals surface area contributed by atoms with E-state index in [9.17, 15) is 4.79 Å². The topological polar surface area (TPSA) is 95.1 Å². The van der Waals surface area contributed by atoms with E-state index in [0.717, 1.165) is 5.69 Å². The summed E-state index contributed by atoms with van der Waals surface area (Å²) in [4.78, 5) is 13.8. The maximum absolute atomic E-state index is 12.3.